The minimum Gasteiger partial charge on any atom is -0.394 e. The average molecular weight is 369 g/mol. The van der Waals surface area contributed by atoms with Crippen molar-refractivity contribution in [3.05, 3.63) is 55.3 Å². The van der Waals surface area contributed by atoms with Crippen molar-refractivity contribution in [1.82, 2.24) is 16.0 Å². The molecule has 2 heterocycles. The highest BCUT2D eigenvalue weighted by molar-refractivity contribution is 5.90. The number of nitrogens with zero attached hydrogens (tertiary/aromatic N) is 1. The number of hydrogen-bond donors (Lipinski definition) is 4. The first-order chi connectivity index (χ1) is 12.9. The molecule has 1 saturated heterocycles. The quantitative estimate of drug-likeness (QED) is 0.496. The monoisotopic (exact) mass is 369 g/mol. The molecule has 0 bridgehead atoms. The van der Waals surface area contributed by atoms with Crippen molar-refractivity contribution in [2.45, 2.75) is 25.6 Å². The minimum absolute atomic E-state index is 0.0408. The highest BCUT2D eigenvalue weighted by atomic mass is 16.2. The maximum Gasteiger partial charge on any atom is 0.315 e. The van der Waals surface area contributed by atoms with E-state index in [4.69, 9.17) is 5.73 Å². The fraction of sp³-hybridized carbons (Fsp3) is 0.333. The number of fused-ring (bicyclic) bond motifs is 1. The van der Waals surface area contributed by atoms with E-state index in [1.165, 1.54) is 5.56 Å². The number of nitrogen functional groups attached to an aromatic ring is 1. The van der Waals surface area contributed by atoms with Gasteiger partial charge in [0.2, 0.25) is 5.91 Å². The molecule has 9 heteroatoms. The first-order valence-corrected chi connectivity index (χ1v) is 8.70. The summed E-state index contributed by atoms with van der Waals surface area (Å²) < 4.78 is 0. The molecule has 2 aliphatic rings. The molecule has 9 nitrogen and oxygen atoms in total. The first kappa shape index (κ1) is 17.1. The van der Waals surface area contributed by atoms with Crippen LogP contribution in [-0.2, 0) is 24.3 Å². The standard InChI is InChI=1S/C18H19N5O4/c19-13-14(16(25)15(13)24)23-4-3-10-2-1-9(5-11(10)8-23)6-20-17(26)12-7-21-18(27)22-12/h1-2,5,12H,3-4,6-8,19H2,(H,20,26)(H2,21,22,27). The Morgan fingerprint density at radius 3 is 2.74 bits per heavy atom. The third kappa shape index (κ3) is 3.01. The Morgan fingerprint density at radius 1 is 1.22 bits per heavy atom. The number of amides is 3. The summed E-state index contributed by atoms with van der Waals surface area (Å²) in [6.07, 6.45) is 0.750. The van der Waals surface area contributed by atoms with E-state index >= 15 is 0 Å². The summed E-state index contributed by atoms with van der Waals surface area (Å²) >= 11 is 0. The van der Waals surface area contributed by atoms with Crippen LogP contribution in [-0.4, -0.2) is 31.1 Å². The zero-order chi connectivity index (χ0) is 19.1. The number of carbonyl (C=O) groups is 2. The number of nitrogens with two attached hydrogens (primary N) is 1. The van der Waals surface area contributed by atoms with Gasteiger partial charge in [-0.2, -0.15) is 0 Å². The highest BCUT2D eigenvalue weighted by Gasteiger charge is 2.28. The van der Waals surface area contributed by atoms with Gasteiger partial charge in [0.05, 0.1) is 0 Å². The number of hydrogen-bond acceptors (Lipinski definition) is 6. The molecule has 0 radical (unpaired) electrons. The number of anilines is 2. The van der Waals surface area contributed by atoms with Crippen LogP contribution in [0.3, 0.4) is 0 Å². The molecule has 0 saturated carbocycles. The first-order valence-electron chi connectivity index (χ1n) is 8.70. The maximum absolute atomic E-state index is 12.1. The smallest absolute Gasteiger partial charge is 0.315 e. The molecule has 0 aliphatic carbocycles. The molecule has 27 heavy (non-hydrogen) atoms. The predicted octanol–water partition coefficient (Wildman–Crippen LogP) is -1.27. The molecule has 1 fully saturated rings. The van der Waals surface area contributed by atoms with Crippen LogP contribution in [0.1, 0.15) is 16.7 Å². The molecular formula is C18H19N5O4. The van der Waals surface area contributed by atoms with Gasteiger partial charge >= 0.3 is 6.03 Å². The third-order valence-corrected chi connectivity index (χ3v) is 5.08. The van der Waals surface area contributed by atoms with Gasteiger partial charge in [-0.15, -0.1) is 0 Å². The molecule has 140 valence electrons. The van der Waals surface area contributed by atoms with Crippen molar-refractivity contribution in [1.29, 1.82) is 0 Å². The van der Waals surface area contributed by atoms with Gasteiger partial charge in [0.25, 0.3) is 10.9 Å². The fourth-order valence-electron chi connectivity index (χ4n) is 3.55. The molecule has 4 rings (SSSR count). The van der Waals surface area contributed by atoms with Crippen molar-refractivity contribution in [2.75, 3.05) is 23.7 Å². The number of nitrogens with one attached hydrogen (secondary N) is 3. The lowest BCUT2D eigenvalue weighted by Crippen LogP contribution is -2.44. The highest BCUT2D eigenvalue weighted by Crippen LogP contribution is 2.26. The largest absolute Gasteiger partial charge is 0.394 e. The summed E-state index contributed by atoms with van der Waals surface area (Å²) in [5.41, 5.74) is 8.02. The fourth-order valence-corrected chi connectivity index (χ4v) is 3.55. The van der Waals surface area contributed by atoms with Gasteiger partial charge < -0.3 is 26.6 Å². The van der Waals surface area contributed by atoms with Crippen LogP contribution >= 0.6 is 0 Å². The summed E-state index contributed by atoms with van der Waals surface area (Å²) in [6.45, 7) is 1.73. The molecule has 0 spiro atoms. The van der Waals surface area contributed by atoms with E-state index in [0.717, 1.165) is 17.5 Å². The van der Waals surface area contributed by atoms with Crippen molar-refractivity contribution in [3.63, 3.8) is 0 Å². The lowest BCUT2D eigenvalue weighted by molar-refractivity contribution is -0.122. The van der Waals surface area contributed by atoms with Crippen LogP contribution in [0.25, 0.3) is 0 Å². The van der Waals surface area contributed by atoms with Gasteiger partial charge in [0.1, 0.15) is 17.4 Å². The normalized spacial score (nSPS) is 18.7. The molecule has 2 aliphatic heterocycles. The van der Waals surface area contributed by atoms with E-state index in [0.29, 0.717) is 25.3 Å². The second-order valence-corrected chi connectivity index (χ2v) is 6.82. The van der Waals surface area contributed by atoms with Crippen LogP contribution in [0.15, 0.2) is 27.8 Å². The Kier molecular flexibility index (Phi) is 4.06. The van der Waals surface area contributed by atoms with E-state index in [9.17, 15) is 19.2 Å². The second-order valence-electron chi connectivity index (χ2n) is 6.82. The van der Waals surface area contributed by atoms with Gasteiger partial charge in [-0.1, -0.05) is 18.2 Å². The van der Waals surface area contributed by atoms with Gasteiger partial charge in [0, 0.05) is 26.2 Å². The topological polar surface area (TPSA) is 134 Å². The minimum atomic E-state index is -0.610. The number of rotatable bonds is 4. The summed E-state index contributed by atoms with van der Waals surface area (Å²) in [6, 6.07) is 5.03. The Bertz CT molecular complexity index is 1010. The zero-order valence-corrected chi connectivity index (χ0v) is 14.5. The summed E-state index contributed by atoms with van der Waals surface area (Å²) in [5, 5.41) is 7.89. The lowest BCUT2D eigenvalue weighted by Gasteiger charge is -2.32. The Balaban J connectivity index is 1.43. The molecule has 1 unspecified atom stereocenters. The van der Waals surface area contributed by atoms with Crippen molar-refractivity contribution in [2.24, 2.45) is 0 Å². The molecule has 0 aromatic heterocycles. The van der Waals surface area contributed by atoms with Crippen LogP contribution in [0.5, 0.6) is 0 Å². The number of urea groups is 1. The molecule has 2 aromatic carbocycles. The SMILES string of the molecule is Nc1c(N2CCc3ccc(CNC(=O)C4CNC(=O)N4)cc3C2)c(=O)c1=O. The van der Waals surface area contributed by atoms with Gasteiger partial charge in [0.15, 0.2) is 0 Å². The molecule has 3 amide bonds. The molecule has 1 atom stereocenters. The molecule has 2 aromatic rings. The number of carbonyl (C=O) groups excluding carboxylic acids is 2. The van der Waals surface area contributed by atoms with E-state index in [1.807, 2.05) is 23.1 Å². The predicted molar refractivity (Wildman–Crippen MR) is 99.1 cm³/mol. The second kappa shape index (κ2) is 6.42. The van der Waals surface area contributed by atoms with Crippen molar-refractivity contribution in [3.8, 4) is 0 Å². The average Bonchev–Trinajstić information content (AvgIpc) is 3.12. The van der Waals surface area contributed by atoms with E-state index in [2.05, 4.69) is 16.0 Å². The van der Waals surface area contributed by atoms with Crippen LogP contribution in [0.4, 0.5) is 16.2 Å². The molecule has 5 N–H and O–H groups in total. The van der Waals surface area contributed by atoms with Crippen LogP contribution in [0.2, 0.25) is 0 Å². The lowest BCUT2D eigenvalue weighted by atomic mass is 9.96. The Morgan fingerprint density at radius 2 is 2.04 bits per heavy atom. The van der Waals surface area contributed by atoms with Crippen LogP contribution < -0.4 is 37.4 Å². The van der Waals surface area contributed by atoms with Crippen molar-refractivity contribution >= 4 is 23.3 Å². The van der Waals surface area contributed by atoms with Gasteiger partial charge in [-0.25, -0.2) is 4.79 Å². The van der Waals surface area contributed by atoms with Gasteiger partial charge in [-0.3, -0.25) is 14.4 Å². The molecular weight excluding hydrogens is 350 g/mol. The summed E-state index contributed by atoms with van der Waals surface area (Å²) in [7, 11) is 0. The van der Waals surface area contributed by atoms with E-state index in [1.54, 1.807) is 0 Å². The summed E-state index contributed by atoms with van der Waals surface area (Å²) in [5.74, 6) is -0.246. The third-order valence-electron chi connectivity index (χ3n) is 5.08. The van der Waals surface area contributed by atoms with Crippen molar-refractivity contribution < 1.29 is 9.59 Å². The number of benzene rings is 1. The van der Waals surface area contributed by atoms with Crippen LogP contribution in [0, 0.1) is 0 Å². The van der Waals surface area contributed by atoms with Gasteiger partial charge in [-0.05, 0) is 23.1 Å². The maximum atomic E-state index is 12.1. The Hall–Kier alpha value is -3.36. The Labute approximate surface area is 154 Å². The van der Waals surface area contributed by atoms with E-state index < -0.39 is 16.9 Å². The summed E-state index contributed by atoms with van der Waals surface area (Å²) in [4.78, 5) is 48.2. The zero-order valence-electron chi connectivity index (χ0n) is 14.5. The van der Waals surface area contributed by atoms with E-state index in [-0.39, 0.29) is 24.2 Å².